The molecule has 0 heterocycles. The van der Waals surface area contributed by atoms with Gasteiger partial charge >= 0.3 is 0 Å². The fourth-order valence-electron chi connectivity index (χ4n) is 2.10. The van der Waals surface area contributed by atoms with Crippen molar-refractivity contribution in [1.82, 2.24) is 0 Å². The molecular weight excluding hydrogens is 136 g/mol. The van der Waals surface area contributed by atoms with Crippen LogP contribution in [-0.2, 0) is 4.79 Å². The van der Waals surface area contributed by atoms with Crippen molar-refractivity contribution in [2.45, 2.75) is 45.4 Å². The molecule has 1 nitrogen and oxygen atoms in total. The Morgan fingerprint density at radius 3 is 2.36 bits per heavy atom. The Bertz CT molecular complexity index is 175. The summed E-state index contributed by atoms with van der Waals surface area (Å²) in [5.41, 5.74) is 0.186. The van der Waals surface area contributed by atoms with Crippen molar-refractivity contribution < 1.29 is 4.79 Å². The van der Waals surface area contributed by atoms with Gasteiger partial charge in [0.1, 0.15) is 5.78 Å². The van der Waals surface area contributed by atoms with Crippen molar-refractivity contribution in [1.29, 1.82) is 0 Å². The molecule has 62 valence electrons. The van der Waals surface area contributed by atoms with Crippen molar-refractivity contribution in [3.05, 3.63) is 0 Å². The zero-order valence-electron chi connectivity index (χ0n) is 7.23. The minimum absolute atomic E-state index is 0.186. The first-order chi connectivity index (χ1) is 5.23. The number of hydrogen-bond acceptors (Lipinski definition) is 1. The lowest BCUT2D eigenvalue weighted by Crippen LogP contribution is -2.21. The maximum atomic E-state index is 11.2. The van der Waals surface area contributed by atoms with E-state index in [0.29, 0.717) is 5.78 Å². The molecule has 0 radical (unpaired) electrons. The van der Waals surface area contributed by atoms with E-state index in [0.717, 1.165) is 5.92 Å². The number of carbonyl (C=O) groups is 1. The molecule has 0 aliphatic heterocycles. The van der Waals surface area contributed by atoms with E-state index >= 15 is 0 Å². The molecule has 2 aliphatic carbocycles. The van der Waals surface area contributed by atoms with Gasteiger partial charge in [-0.3, -0.25) is 4.79 Å². The maximum absolute atomic E-state index is 11.2. The van der Waals surface area contributed by atoms with Crippen molar-refractivity contribution in [2.75, 3.05) is 0 Å². The summed E-state index contributed by atoms with van der Waals surface area (Å²) in [5, 5.41) is 0. The predicted molar refractivity (Wildman–Crippen MR) is 44.3 cm³/mol. The zero-order chi connectivity index (χ0) is 7.90. The summed E-state index contributed by atoms with van der Waals surface area (Å²) in [5.74, 6) is 1.35. The van der Waals surface area contributed by atoms with Crippen LogP contribution in [-0.4, -0.2) is 5.78 Å². The summed E-state index contributed by atoms with van der Waals surface area (Å²) in [6.07, 6.45) is 7.74. The summed E-state index contributed by atoms with van der Waals surface area (Å²) in [6, 6.07) is 0. The van der Waals surface area contributed by atoms with Crippen LogP contribution in [0.1, 0.15) is 45.4 Å². The van der Waals surface area contributed by atoms with E-state index < -0.39 is 0 Å². The van der Waals surface area contributed by atoms with Gasteiger partial charge in [-0.2, -0.15) is 0 Å². The predicted octanol–water partition coefficient (Wildman–Crippen LogP) is 2.55. The molecule has 0 unspecified atom stereocenters. The number of rotatable bonds is 3. The summed E-state index contributed by atoms with van der Waals surface area (Å²) in [6.45, 7) is 1.77. The second kappa shape index (κ2) is 2.33. The van der Waals surface area contributed by atoms with Crippen molar-refractivity contribution in [2.24, 2.45) is 11.3 Å². The molecule has 0 amide bonds. The van der Waals surface area contributed by atoms with E-state index in [1.807, 2.05) is 0 Å². The molecule has 0 atom stereocenters. The van der Waals surface area contributed by atoms with Gasteiger partial charge in [0, 0.05) is 5.41 Å². The van der Waals surface area contributed by atoms with Crippen LogP contribution < -0.4 is 0 Å². The van der Waals surface area contributed by atoms with Crippen LogP contribution in [0.4, 0.5) is 0 Å². The number of hydrogen-bond donors (Lipinski definition) is 0. The molecule has 2 saturated carbocycles. The van der Waals surface area contributed by atoms with Gasteiger partial charge in [-0.1, -0.05) is 19.3 Å². The normalized spacial score (nSPS) is 27.7. The smallest absolute Gasteiger partial charge is 0.135 e. The van der Waals surface area contributed by atoms with Gasteiger partial charge < -0.3 is 0 Å². The van der Waals surface area contributed by atoms with Crippen LogP contribution in [0, 0.1) is 11.3 Å². The summed E-state index contributed by atoms with van der Waals surface area (Å²) < 4.78 is 0. The number of ketones is 1. The summed E-state index contributed by atoms with van der Waals surface area (Å²) in [4.78, 5) is 11.2. The van der Waals surface area contributed by atoms with E-state index in [2.05, 4.69) is 0 Å². The summed E-state index contributed by atoms with van der Waals surface area (Å²) in [7, 11) is 0. The zero-order valence-corrected chi connectivity index (χ0v) is 7.23. The lowest BCUT2D eigenvalue weighted by Gasteiger charge is -2.28. The van der Waals surface area contributed by atoms with Gasteiger partial charge in [0.2, 0.25) is 0 Å². The van der Waals surface area contributed by atoms with E-state index in [-0.39, 0.29) is 5.41 Å². The van der Waals surface area contributed by atoms with E-state index in [1.54, 1.807) is 6.92 Å². The Hall–Kier alpha value is -0.330. The van der Waals surface area contributed by atoms with Gasteiger partial charge in [-0.25, -0.2) is 0 Å². The molecule has 1 heteroatoms. The highest BCUT2D eigenvalue weighted by Crippen LogP contribution is 2.54. The fraction of sp³-hybridized carbons (Fsp3) is 0.900. The van der Waals surface area contributed by atoms with E-state index in [4.69, 9.17) is 0 Å². The standard InChI is InChI=1S/C10H16O/c1-8(11)10(5-6-10)7-9-3-2-4-9/h9H,2-7H2,1H3. The van der Waals surface area contributed by atoms with Crippen molar-refractivity contribution in [3.63, 3.8) is 0 Å². The van der Waals surface area contributed by atoms with Crippen LogP contribution in [0.3, 0.4) is 0 Å². The first-order valence-electron chi connectivity index (χ1n) is 4.74. The second-order valence-electron chi connectivity index (χ2n) is 4.34. The highest BCUT2D eigenvalue weighted by atomic mass is 16.1. The third-order valence-electron chi connectivity index (χ3n) is 3.50. The van der Waals surface area contributed by atoms with Gasteiger partial charge in [0.15, 0.2) is 0 Å². The lowest BCUT2D eigenvalue weighted by atomic mass is 9.77. The molecule has 0 spiro atoms. The Balaban J connectivity index is 1.88. The summed E-state index contributed by atoms with van der Waals surface area (Å²) >= 11 is 0. The minimum Gasteiger partial charge on any atom is -0.299 e. The van der Waals surface area contributed by atoms with Crippen LogP contribution in [0.2, 0.25) is 0 Å². The topological polar surface area (TPSA) is 17.1 Å². The molecule has 0 bridgehead atoms. The van der Waals surface area contributed by atoms with Crippen molar-refractivity contribution >= 4 is 5.78 Å². The second-order valence-corrected chi connectivity index (χ2v) is 4.34. The largest absolute Gasteiger partial charge is 0.299 e. The quantitative estimate of drug-likeness (QED) is 0.607. The minimum atomic E-state index is 0.186. The third kappa shape index (κ3) is 1.21. The molecule has 11 heavy (non-hydrogen) atoms. The number of carbonyl (C=O) groups excluding carboxylic acids is 1. The van der Waals surface area contributed by atoms with Crippen LogP contribution in [0.25, 0.3) is 0 Å². The molecule has 2 aliphatic rings. The lowest BCUT2D eigenvalue weighted by molar-refractivity contribution is -0.122. The Labute approximate surface area is 68.2 Å². The first-order valence-corrected chi connectivity index (χ1v) is 4.74. The average molecular weight is 152 g/mol. The molecule has 2 fully saturated rings. The van der Waals surface area contributed by atoms with Crippen LogP contribution >= 0.6 is 0 Å². The van der Waals surface area contributed by atoms with E-state index in [9.17, 15) is 4.79 Å². The Morgan fingerprint density at radius 1 is 1.45 bits per heavy atom. The number of Topliss-reactive ketones (excluding diaryl/α,β-unsaturated/α-hetero) is 1. The van der Waals surface area contributed by atoms with Crippen LogP contribution in [0.5, 0.6) is 0 Å². The van der Waals surface area contributed by atoms with Gasteiger partial charge in [-0.05, 0) is 32.1 Å². The molecule has 2 rings (SSSR count). The molecule has 0 aromatic heterocycles. The Kier molecular flexibility index (Phi) is 1.55. The van der Waals surface area contributed by atoms with E-state index in [1.165, 1.54) is 38.5 Å². The van der Waals surface area contributed by atoms with Gasteiger partial charge in [0.05, 0.1) is 0 Å². The van der Waals surface area contributed by atoms with Gasteiger partial charge in [-0.15, -0.1) is 0 Å². The molecule has 0 aromatic carbocycles. The SMILES string of the molecule is CC(=O)C1(CC2CCC2)CC1. The molecular formula is C10H16O. The van der Waals surface area contributed by atoms with Crippen LogP contribution in [0.15, 0.2) is 0 Å². The molecule has 0 saturated heterocycles. The fourth-order valence-corrected chi connectivity index (χ4v) is 2.10. The first kappa shape index (κ1) is 7.33. The van der Waals surface area contributed by atoms with Crippen molar-refractivity contribution in [3.8, 4) is 0 Å². The third-order valence-corrected chi connectivity index (χ3v) is 3.50. The highest BCUT2D eigenvalue weighted by Gasteiger charge is 2.48. The molecule has 0 N–H and O–H groups in total. The highest BCUT2D eigenvalue weighted by molar-refractivity contribution is 5.84. The van der Waals surface area contributed by atoms with Gasteiger partial charge in [0.25, 0.3) is 0 Å². The monoisotopic (exact) mass is 152 g/mol. The Morgan fingerprint density at radius 2 is 2.09 bits per heavy atom. The maximum Gasteiger partial charge on any atom is 0.135 e. The average Bonchev–Trinajstić information content (AvgIpc) is 2.59. The molecule has 0 aromatic rings.